The van der Waals surface area contributed by atoms with Crippen molar-refractivity contribution in [3.05, 3.63) is 85.1 Å². The first-order chi connectivity index (χ1) is 26.6. The normalized spacial score (nSPS) is 14.7. The van der Waals surface area contributed by atoms with E-state index in [1.807, 2.05) is 21.1 Å². The van der Waals surface area contributed by atoms with Crippen molar-refractivity contribution < 1.29 is 37.3 Å². The summed E-state index contributed by atoms with van der Waals surface area (Å²) < 4.78 is 34.8. The highest BCUT2D eigenvalue weighted by atomic mass is 31.2. The number of carbonyl (C=O) groups is 1. The largest absolute Gasteiger partial charge is 0.472 e. The van der Waals surface area contributed by atoms with Gasteiger partial charge >= 0.3 is 13.8 Å². The molecule has 0 fully saturated rings. The lowest BCUT2D eigenvalue weighted by molar-refractivity contribution is -0.870. The van der Waals surface area contributed by atoms with E-state index in [-0.39, 0.29) is 25.8 Å². The van der Waals surface area contributed by atoms with Crippen LogP contribution in [-0.4, -0.2) is 75.6 Å². The molecule has 0 aliphatic rings. The summed E-state index contributed by atoms with van der Waals surface area (Å²) in [6, 6.07) is 0. The van der Waals surface area contributed by atoms with Gasteiger partial charge in [0.2, 0.25) is 0 Å². The SMILES string of the molecule is CC/C=C\C/C=C\C/C=C\C/C=C\C/C=C\C/C=C\C/C=C\CCCCOCC(COP(=O)(O)OCC[N+](C)(C)C)OC(=O)CCCCCCCCCCC. The average Bonchev–Trinajstić information content (AvgIpc) is 3.13. The molecule has 0 aromatic carbocycles. The van der Waals surface area contributed by atoms with Crippen LogP contribution in [0.4, 0.5) is 0 Å². The molecular weight excluding hydrogens is 709 g/mol. The molecule has 0 aliphatic heterocycles. The maximum atomic E-state index is 12.6. The maximum absolute atomic E-state index is 12.6. The topological polar surface area (TPSA) is 91.3 Å². The first kappa shape index (κ1) is 52.7. The number of esters is 1. The van der Waals surface area contributed by atoms with Crippen molar-refractivity contribution in [1.82, 2.24) is 0 Å². The minimum absolute atomic E-state index is 0.0761. The van der Waals surface area contributed by atoms with E-state index in [2.05, 4.69) is 98.9 Å². The van der Waals surface area contributed by atoms with Crippen LogP contribution in [0.1, 0.15) is 142 Å². The van der Waals surface area contributed by atoms with E-state index in [9.17, 15) is 14.3 Å². The summed E-state index contributed by atoms with van der Waals surface area (Å²) in [5, 5.41) is 0. The second-order valence-electron chi connectivity index (χ2n) is 15.0. The molecule has 55 heavy (non-hydrogen) atoms. The number of rotatable bonds is 38. The van der Waals surface area contributed by atoms with E-state index in [1.54, 1.807) is 0 Å². The van der Waals surface area contributed by atoms with Crippen LogP contribution in [-0.2, 0) is 27.9 Å². The third-order valence-electron chi connectivity index (χ3n) is 8.47. The van der Waals surface area contributed by atoms with Crippen LogP contribution < -0.4 is 0 Å². The lowest BCUT2D eigenvalue weighted by atomic mass is 10.1. The molecular formula is C46H81NO7P+. The van der Waals surface area contributed by atoms with Crippen molar-refractivity contribution in [2.75, 3.05) is 54.1 Å². The Kier molecular flexibility index (Phi) is 36.9. The number of likely N-dealkylation sites (N-methyl/N-ethyl adjacent to an activating group) is 1. The van der Waals surface area contributed by atoms with E-state index in [1.165, 1.54) is 38.5 Å². The van der Waals surface area contributed by atoms with Gasteiger partial charge in [-0.05, 0) is 70.6 Å². The molecule has 0 aromatic heterocycles. The first-order valence-electron chi connectivity index (χ1n) is 21.3. The molecule has 2 atom stereocenters. The van der Waals surface area contributed by atoms with Crippen LogP contribution >= 0.6 is 7.82 Å². The van der Waals surface area contributed by atoms with Gasteiger partial charge in [0.15, 0.2) is 0 Å². The summed E-state index contributed by atoms with van der Waals surface area (Å²) in [4.78, 5) is 22.8. The van der Waals surface area contributed by atoms with Crippen molar-refractivity contribution in [1.29, 1.82) is 0 Å². The summed E-state index contributed by atoms with van der Waals surface area (Å²) >= 11 is 0. The number of hydrogen-bond donors (Lipinski definition) is 1. The molecule has 0 bridgehead atoms. The number of quaternary nitrogens is 1. The van der Waals surface area contributed by atoms with Gasteiger partial charge in [-0.3, -0.25) is 13.8 Å². The smallest absolute Gasteiger partial charge is 0.457 e. The maximum Gasteiger partial charge on any atom is 0.472 e. The molecule has 316 valence electrons. The second-order valence-corrected chi connectivity index (χ2v) is 16.4. The molecule has 0 aliphatic carbocycles. The lowest BCUT2D eigenvalue weighted by Gasteiger charge is -2.24. The Morgan fingerprint density at radius 1 is 0.582 bits per heavy atom. The summed E-state index contributed by atoms with van der Waals surface area (Å²) in [6.07, 6.45) is 50.6. The van der Waals surface area contributed by atoms with Crippen LogP contribution in [0.3, 0.4) is 0 Å². The Morgan fingerprint density at radius 3 is 1.55 bits per heavy atom. The van der Waals surface area contributed by atoms with E-state index in [4.69, 9.17) is 18.5 Å². The quantitative estimate of drug-likeness (QED) is 0.0219. The van der Waals surface area contributed by atoms with Crippen LogP contribution in [0.15, 0.2) is 85.1 Å². The monoisotopic (exact) mass is 791 g/mol. The van der Waals surface area contributed by atoms with Gasteiger partial charge < -0.3 is 18.9 Å². The third-order valence-corrected chi connectivity index (χ3v) is 9.46. The van der Waals surface area contributed by atoms with Crippen molar-refractivity contribution >= 4 is 13.8 Å². The van der Waals surface area contributed by atoms with Gasteiger partial charge in [-0.2, -0.15) is 0 Å². The van der Waals surface area contributed by atoms with Crippen molar-refractivity contribution in [2.24, 2.45) is 0 Å². The van der Waals surface area contributed by atoms with Crippen LogP contribution in [0.5, 0.6) is 0 Å². The number of carbonyl (C=O) groups excluding carboxylic acids is 1. The third kappa shape index (κ3) is 42.7. The molecule has 0 spiro atoms. The fourth-order valence-electron chi connectivity index (χ4n) is 5.18. The summed E-state index contributed by atoms with van der Waals surface area (Å²) in [5.74, 6) is -0.337. The van der Waals surface area contributed by atoms with E-state index < -0.39 is 13.9 Å². The summed E-state index contributed by atoms with van der Waals surface area (Å²) in [5.41, 5.74) is 0. The highest BCUT2D eigenvalue weighted by Gasteiger charge is 2.26. The van der Waals surface area contributed by atoms with Gasteiger partial charge in [0.05, 0.1) is 34.4 Å². The highest BCUT2D eigenvalue weighted by molar-refractivity contribution is 7.47. The van der Waals surface area contributed by atoms with Gasteiger partial charge in [-0.1, -0.05) is 150 Å². The van der Waals surface area contributed by atoms with Crippen LogP contribution in [0.25, 0.3) is 0 Å². The molecule has 0 aromatic rings. The summed E-state index contributed by atoms with van der Waals surface area (Å²) in [6.45, 7) is 5.34. The Morgan fingerprint density at radius 2 is 1.05 bits per heavy atom. The van der Waals surface area contributed by atoms with Gasteiger partial charge in [0.25, 0.3) is 0 Å². The van der Waals surface area contributed by atoms with Gasteiger partial charge in [-0.25, -0.2) is 4.57 Å². The Bertz CT molecular complexity index is 1150. The molecule has 0 heterocycles. The van der Waals surface area contributed by atoms with Gasteiger partial charge in [-0.15, -0.1) is 0 Å². The number of nitrogens with zero attached hydrogens (tertiary/aromatic N) is 1. The fraction of sp³-hybridized carbons (Fsp3) is 0.674. The number of ether oxygens (including phenoxy) is 2. The molecule has 1 N–H and O–H groups in total. The van der Waals surface area contributed by atoms with Crippen molar-refractivity contribution in [2.45, 2.75) is 148 Å². The van der Waals surface area contributed by atoms with E-state index >= 15 is 0 Å². The molecule has 0 rings (SSSR count). The lowest BCUT2D eigenvalue weighted by Crippen LogP contribution is -2.37. The molecule has 0 saturated heterocycles. The number of allylic oxidation sites excluding steroid dienone is 14. The Balaban J connectivity index is 4.28. The molecule has 0 amide bonds. The van der Waals surface area contributed by atoms with E-state index in [0.717, 1.165) is 83.5 Å². The number of unbranched alkanes of at least 4 members (excludes halogenated alkanes) is 10. The van der Waals surface area contributed by atoms with E-state index in [0.29, 0.717) is 24.1 Å². The van der Waals surface area contributed by atoms with Gasteiger partial charge in [0, 0.05) is 13.0 Å². The molecule has 0 radical (unpaired) electrons. The van der Waals surface area contributed by atoms with Crippen LogP contribution in [0, 0.1) is 0 Å². The number of hydrogen-bond acceptors (Lipinski definition) is 6. The fourth-order valence-corrected chi connectivity index (χ4v) is 5.92. The standard InChI is InChI=1S/C46H80NO7P/c1-6-8-10-12-14-16-17-18-19-20-21-22-23-24-25-26-27-28-29-30-32-34-36-38-41-51-43-45(44-53-55(49,50)52-42-40-47(3,4)5)54-46(48)39-37-35-33-31-15-13-11-9-7-2/h8,10,14,16,18-19,21-22,24-25,27-28,30,32,45H,6-7,9,11-13,15,17,20,23,26,29,31,33-44H2,1-5H3/p+1/b10-8-,16-14-,19-18-,22-21-,25-24-,28-27-,32-30-. The van der Waals surface area contributed by atoms with Gasteiger partial charge in [0.1, 0.15) is 19.3 Å². The highest BCUT2D eigenvalue weighted by Crippen LogP contribution is 2.43. The van der Waals surface area contributed by atoms with Crippen LogP contribution in [0.2, 0.25) is 0 Å². The van der Waals surface area contributed by atoms with Crippen molar-refractivity contribution in [3.8, 4) is 0 Å². The first-order valence-corrected chi connectivity index (χ1v) is 22.8. The number of phosphoric acid groups is 1. The zero-order valence-corrected chi connectivity index (χ0v) is 36.5. The Hall–Kier alpha value is -2.32. The minimum atomic E-state index is -4.28. The Labute approximate surface area is 337 Å². The molecule has 2 unspecified atom stereocenters. The summed E-state index contributed by atoms with van der Waals surface area (Å²) in [7, 11) is 1.62. The predicted molar refractivity (Wildman–Crippen MR) is 233 cm³/mol. The zero-order valence-electron chi connectivity index (χ0n) is 35.6. The number of phosphoric ester groups is 1. The van der Waals surface area contributed by atoms with Crippen molar-refractivity contribution in [3.63, 3.8) is 0 Å². The molecule has 9 heteroatoms. The molecule has 0 saturated carbocycles. The second kappa shape index (κ2) is 38.5. The zero-order chi connectivity index (χ0) is 40.6. The predicted octanol–water partition coefficient (Wildman–Crippen LogP) is 12.5. The average molecular weight is 791 g/mol. The molecule has 8 nitrogen and oxygen atoms in total. The minimum Gasteiger partial charge on any atom is -0.457 e.